The number of hydrogen-bond acceptors (Lipinski definition) is 4. The van der Waals surface area contributed by atoms with Crippen LogP contribution in [0.1, 0.15) is 20.4 Å². The highest BCUT2D eigenvalue weighted by atomic mass is 32.2. The van der Waals surface area contributed by atoms with Gasteiger partial charge in [0.15, 0.2) is 0 Å². The second-order valence-electron chi connectivity index (χ2n) is 7.14. The Morgan fingerprint density at radius 3 is 1.33 bits per heavy atom. The maximum atomic E-state index is 12.8. The third-order valence-corrected chi connectivity index (χ3v) is 6.76. The van der Waals surface area contributed by atoms with Crippen LogP contribution in [-0.4, -0.2) is 15.5 Å². The minimum absolute atomic E-state index is 0. The Labute approximate surface area is 197 Å². The van der Waals surface area contributed by atoms with E-state index in [-0.39, 0.29) is 24.6 Å². The lowest BCUT2D eigenvalue weighted by molar-refractivity contribution is 0.415. The van der Waals surface area contributed by atoms with E-state index in [4.69, 9.17) is 9.47 Å². The SMILES string of the molecule is C.C.COc1ccc(-c2ccc(Oc3ccc(S(=O)(=O)c4ccc(C)cc4)cc3)cc2)cc1. The van der Waals surface area contributed by atoms with Crippen LogP contribution >= 0.6 is 0 Å². The Morgan fingerprint density at radius 1 is 0.545 bits per heavy atom. The Balaban J connectivity index is 0.00000193. The molecule has 0 amide bonds. The molecule has 0 spiro atoms. The van der Waals surface area contributed by atoms with Crippen LogP contribution in [0.2, 0.25) is 0 Å². The first-order valence-electron chi connectivity index (χ1n) is 9.80. The molecule has 0 fully saturated rings. The lowest BCUT2D eigenvalue weighted by atomic mass is 10.1. The average molecular weight is 463 g/mol. The van der Waals surface area contributed by atoms with Crippen molar-refractivity contribution in [2.24, 2.45) is 0 Å². The monoisotopic (exact) mass is 462 g/mol. The summed E-state index contributed by atoms with van der Waals surface area (Å²) in [5.74, 6) is 2.06. The lowest BCUT2D eigenvalue weighted by Gasteiger charge is -2.09. The van der Waals surface area contributed by atoms with Crippen LogP contribution in [0.15, 0.2) is 107 Å². The van der Waals surface area contributed by atoms with Crippen LogP contribution in [-0.2, 0) is 9.84 Å². The van der Waals surface area contributed by atoms with Gasteiger partial charge in [-0.2, -0.15) is 0 Å². The zero-order chi connectivity index (χ0) is 21.8. The molecular formula is C28H30O4S. The largest absolute Gasteiger partial charge is 0.497 e. The van der Waals surface area contributed by atoms with Crippen molar-refractivity contribution in [2.45, 2.75) is 31.6 Å². The van der Waals surface area contributed by atoms with Crippen molar-refractivity contribution in [3.05, 3.63) is 103 Å². The van der Waals surface area contributed by atoms with Crippen molar-refractivity contribution in [2.75, 3.05) is 7.11 Å². The van der Waals surface area contributed by atoms with E-state index in [0.717, 1.165) is 22.4 Å². The molecule has 0 saturated carbocycles. The van der Waals surface area contributed by atoms with Crippen LogP contribution in [0.5, 0.6) is 17.2 Å². The number of hydrogen-bond donors (Lipinski definition) is 0. The number of methoxy groups -OCH3 is 1. The lowest BCUT2D eigenvalue weighted by Crippen LogP contribution is -2.01. The molecule has 0 heterocycles. The molecule has 4 aromatic rings. The van der Waals surface area contributed by atoms with Crippen LogP contribution in [0.3, 0.4) is 0 Å². The van der Waals surface area contributed by atoms with E-state index in [0.29, 0.717) is 11.5 Å². The van der Waals surface area contributed by atoms with Gasteiger partial charge in [0.25, 0.3) is 0 Å². The van der Waals surface area contributed by atoms with E-state index in [1.165, 1.54) is 0 Å². The summed E-state index contributed by atoms with van der Waals surface area (Å²) in [5, 5.41) is 0. The highest BCUT2D eigenvalue weighted by molar-refractivity contribution is 7.91. The molecule has 0 N–H and O–H groups in total. The van der Waals surface area contributed by atoms with Crippen molar-refractivity contribution >= 4 is 9.84 Å². The van der Waals surface area contributed by atoms with Crippen molar-refractivity contribution < 1.29 is 17.9 Å². The minimum atomic E-state index is -3.55. The molecule has 0 aliphatic rings. The number of rotatable bonds is 6. The average Bonchev–Trinajstić information content (AvgIpc) is 2.80. The van der Waals surface area contributed by atoms with E-state index in [1.807, 2.05) is 55.5 Å². The van der Waals surface area contributed by atoms with Crippen LogP contribution in [0.25, 0.3) is 11.1 Å². The van der Waals surface area contributed by atoms with E-state index in [2.05, 4.69) is 0 Å². The third-order valence-electron chi connectivity index (χ3n) is 4.98. The van der Waals surface area contributed by atoms with Gasteiger partial charge in [-0.15, -0.1) is 0 Å². The Hall–Kier alpha value is -3.57. The van der Waals surface area contributed by atoms with Gasteiger partial charge in [-0.25, -0.2) is 8.42 Å². The number of sulfone groups is 1. The fourth-order valence-electron chi connectivity index (χ4n) is 3.18. The molecule has 0 aliphatic heterocycles. The first-order valence-corrected chi connectivity index (χ1v) is 11.3. The Kier molecular flexibility index (Phi) is 8.44. The predicted octanol–water partition coefficient (Wildman–Crippen LogP) is 7.57. The van der Waals surface area contributed by atoms with Crippen LogP contribution in [0.4, 0.5) is 0 Å². The van der Waals surface area contributed by atoms with Gasteiger partial charge in [0.05, 0.1) is 16.9 Å². The van der Waals surface area contributed by atoms with Gasteiger partial charge < -0.3 is 9.47 Å². The summed E-state index contributed by atoms with van der Waals surface area (Å²) in [7, 11) is -1.91. The standard InChI is InChI=1S/C26H22O4S.2CH4/c1-19-3-15-25(16-4-19)31(27,28)26-17-13-24(14-18-26)30-23-11-7-21(8-12-23)20-5-9-22(29-2)10-6-20;;/h3-18H,1-2H3;2*1H4. The first kappa shape index (κ1) is 25.7. The van der Waals surface area contributed by atoms with E-state index < -0.39 is 9.84 Å². The molecule has 4 rings (SSSR count). The van der Waals surface area contributed by atoms with Gasteiger partial charge in [-0.1, -0.05) is 56.8 Å². The van der Waals surface area contributed by atoms with Gasteiger partial charge in [0.2, 0.25) is 9.84 Å². The summed E-state index contributed by atoms with van der Waals surface area (Å²) in [5.41, 5.74) is 3.16. The molecule has 0 atom stereocenters. The number of aryl methyl sites for hydroxylation is 1. The smallest absolute Gasteiger partial charge is 0.206 e. The fourth-order valence-corrected chi connectivity index (χ4v) is 4.44. The van der Waals surface area contributed by atoms with E-state index in [1.54, 1.807) is 55.6 Å². The summed E-state index contributed by atoms with van der Waals surface area (Å²) in [4.78, 5) is 0.513. The zero-order valence-electron chi connectivity index (χ0n) is 17.3. The summed E-state index contributed by atoms with van der Waals surface area (Å²) in [6.07, 6.45) is 0. The molecule has 4 nitrogen and oxygen atoms in total. The molecule has 33 heavy (non-hydrogen) atoms. The molecular weight excluding hydrogens is 432 g/mol. The summed E-state index contributed by atoms with van der Waals surface area (Å²) in [6, 6.07) is 28.9. The van der Waals surface area contributed by atoms with Crippen molar-refractivity contribution in [3.8, 4) is 28.4 Å². The number of ether oxygens (including phenoxy) is 2. The topological polar surface area (TPSA) is 52.6 Å². The van der Waals surface area contributed by atoms with Crippen molar-refractivity contribution in [1.82, 2.24) is 0 Å². The first-order chi connectivity index (χ1) is 15.0. The van der Waals surface area contributed by atoms with Crippen molar-refractivity contribution in [1.29, 1.82) is 0 Å². The summed E-state index contributed by atoms with van der Waals surface area (Å²) in [6.45, 7) is 1.92. The fraction of sp³-hybridized carbons (Fsp3) is 0.143. The number of benzene rings is 4. The normalized spacial score (nSPS) is 10.5. The Morgan fingerprint density at radius 2 is 0.909 bits per heavy atom. The molecule has 4 aromatic carbocycles. The maximum absolute atomic E-state index is 12.8. The van der Waals surface area contributed by atoms with Crippen molar-refractivity contribution in [3.63, 3.8) is 0 Å². The van der Waals surface area contributed by atoms with Crippen LogP contribution < -0.4 is 9.47 Å². The highest BCUT2D eigenvalue weighted by Gasteiger charge is 2.17. The summed E-state index contributed by atoms with van der Waals surface area (Å²) >= 11 is 0. The summed E-state index contributed by atoms with van der Waals surface area (Å²) < 4.78 is 36.6. The quantitative estimate of drug-likeness (QED) is 0.296. The van der Waals surface area contributed by atoms with Crippen LogP contribution in [0, 0.1) is 6.92 Å². The highest BCUT2D eigenvalue weighted by Crippen LogP contribution is 2.29. The third kappa shape index (κ3) is 5.82. The van der Waals surface area contributed by atoms with Gasteiger partial charge in [-0.3, -0.25) is 0 Å². The van der Waals surface area contributed by atoms with Gasteiger partial charge >= 0.3 is 0 Å². The molecule has 0 radical (unpaired) electrons. The molecule has 0 aliphatic carbocycles. The van der Waals surface area contributed by atoms with E-state index in [9.17, 15) is 8.42 Å². The molecule has 172 valence electrons. The molecule has 0 unspecified atom stereocenters. The maximum Gasteiger partial charge on any atom is 0.206 e. The molecule has 0 bridgehead atoms. The molecule has 5 heteroatoms. The van der Waals surface area contributed by atoms with E-state index >= 15 is 0 Å². The van der Waals surface area contributed by atoms with Gasteiger partial charge in [0.1, 0.15) is 17.2 Å². The molecule has 0 saturated heterocycles. The minimum Gasteiger partial charge on any atom is -0.497 e. The second-order valence-corrected chi connectivity index (χ2v) is 9.09. The van der Waals surface area contributed by atoms with Gasteiger partial charge in [0, 0.05) is 0 Å². The second kappa shape index (κ2) is 10.8. The van der Waals surface area contributed by atoms with Gasteiger partial charge in [-0.05, 0) is 78.7 Å². The molecule has 0 aromatic heterocycles. The Bertz CT molecular complexity index is 1260. The predicted molar refractivity (Wildman–Crippen MR) is 135 cm³/mol. The zero-order valence-corrected chi connectivity index (χ0v) is 18.1.